The van der Waals surface area contributed by atoms with E-state index in [1.54, 1.807) is 0 Å². The van der Waals surface area contributed by atoms with E-state index < -0.39 is 0 Å². The fourth-order valence-corrected chi connectivity index (χ4v) is 2.47. The molecule has 0 aromatic carbocycles. The molecular formula is C7H9IO2. The van der Waals surface area contributed by atoms with Crippen molar-refractivity contribution in [2.75, 3.05) is 0 Å². The van der Waals surface area contributed by atoms with Crippen molar-refractivity contribution in [3.8, 4) is 0 Å². The number of alkyl halides is 1. The second kappa shape index (κ2) is 2.36. The van der Waals surface area contributed by atoms with Gasteiger partial charge < -0.3 is 4.74 Å². The summed E-state index contributed by atoms with van der Waals surface area (Å²) in [6.45, 7) is 0. The molecule has 1 aliphatic carbocycles. The Morgan fingerprint density at radius 2 is 2.30 bits per heavy atom. The van der Waals surface area contributed by atoms with Gasteiger partial charge in [0.1, 0.15) is 6.10 Å². The number of carbonyl (C=O) groups excluding carboxylic acids is 1. The molecular weight excluding hydrogens is 243 g/mol. The fraction of sp³-hybridized carbons (Fsp3) is 0.857. The van der Waals surface area contributed by atoms with E-state index in [9.17, 15) is 4.79 Å². The van der Waals surface area contributed by atoms with E-state index >= 15 is 0 Å². The molecule has 2 rings (SSSR count). The van der Waals surface area contributed by atoms with E-state index in [1.165, 1.54) is 0 Å². The average Bonchev–Trinajstić information content (AvgIpc) is 2.21. The Kier molecular flexibility index (Phi) is 1.62. The Morgan fingerprint density at radius 1 is 1.50 bits per heavy atom. The highest BCUT2D eigenvalue weighted by Crippen LogP contribution is 2.37. The fourth-order valence-electron chi connectivity index (χ4n) is 1.67. The van der Waals surface area contributed by atoms with Gasteiger partial charge in [-0.1, -0.05) is 22.6 Å². The zero-order valence-electron chi connectivity index (χ0n) is 5.55. The Morgan fingerprint density at radius 3 is 3.00 bits per heavy atom. The first-order chi connectivity index (χ1) is 4.77. The minimum Gasteiger partial charge on any atom is -0.461 e. The molecule has 56 valence electrons. The maximum Gasteiger partial charge on any atom is 0.309 e. The van der Waals surface area contributed by atoms with Crippen molar-refractivity contribution >= 4 is 28.6 Å². The molecule has 0 aromatic rings. The molecule has 0 spiro atoms. The van der Waals surface area contributed by atoms with Crippen molar-refractivity contribution < 1.29 is 9.53 Å². The van der Waals surface area contributed by atoms with Crippen molar-refractivity contribution in [1.82, 2.24) is 0 Å². The normalized spacial score (nSPS) is 45.3. The second-order valence-electron chi connectivity index (χ2n) is 3.00. The molecule has 3 unspecified atom stereocenters. The van der Waals surface area contributed by atoms with Crippen LogP contribution in [0.15, 0.2) is 0 Å². The molecule has 2 bridgehead atoms. The monoisotopic (exact) mass is 252 g/mol. The molecule has 0 amide bonds. The van der Waals surface area contributed by atoms with E-state index in [0.717, 1.165) is 19.3 Å². The van der Waals surface area contributed by atoms with Crippen molar-refractivity contribution in [2.24, 2.45) is 5.92 Å². The van der Waals surface area contributed by atoms with Gasteiger partial charge in [0.25, 0.3) is 0 Å². The summed E-state index contributed by atoms with van der Waals surface area (Å²) in [4.78, 5) is 11.0. The number of halogens is 1. The number of ether oxygens (including phenoxy) is 1. The third-order valence-corrected chi connectivity index (χ3v) is 3.74. The third kappa shape index (κ3) is 0.946. The lowest BCUT2D eigenvalue weighted by molar-refractivity contribution is -0.143. The second-order valence-corrected chi connectivity index (χ2v) is 4.60. The van der Waals surface area contributed by atoms with Gasteiger partial charge in [0, 0.05) is 3.92 Å². The zero-order valence-corrected chi connectivity index (χ0v) is 7.71. The van der Waals surface area contributed by atoms with Crippen molar-refractivity contribution in [1.29, 1.82) is 0 Å². The quantitative estimate of drug-likeness (QED) is 0.371. The number of fused-ring (bicyclic) bond motifs is 2. The van der Waals surface area contributed by atoms with Crippen LogP contribution in [0.2, 0.25) is 0 Å². The van der Waals surface area contributed by atoms with Gasteiger partial charge in [-0.05, 0) is 19.3 Å². The maximum absolute atomic E-state index is 11.0. The van der Waals surface area contributed by atoms with Crippen LogP contribution in [-0.4, -0.2) is 16.0 Å². The van der Waals surface area contributed by atoms with Crippen LogP contribution in [0.25, 0.3) is 0 Å². The van der Waals surface area contributed by atoms with E-state index in [0.29, 0.717) is 3.92 Å². The van der Waals surface area contributed by atoms with Gasteiger partial charge in [0.2, 0.25) is 0 Å². The Hall–Kier alpha value is 0.200. The van der Waals surface area contributed by atoms with Crippen LogP contribution in [0, 0.1) is 5.92 Å². The van der Waals surface area contributed by atoms with Crippen LogP contribution in [0.3, 0.4) is 0 Å². The molecule has 3 atom stereocenters. The molecule has 1 saturated heterocycles. The molecule has 0 radical (unpaired) electrons. The van der Waals surface area contributed by atoms with Crippen LogP contribution >= 0.6 is 22.6 Å². The van der Waals surface area contributed by atoms with Gasteiger partial charge in [-0.15, -0.1) is 0 Å². The molecule has 1 aliphatic heterocycles. The van der Waals surface area contributed by atoms with E-state index in [2.05, 4.69) is 22.6 Å². The van der Waals surface area contributed by atoms with E-state index in [4.69, 9.17) is 4.74 Å². The summed E-state index contributed by atoms with van der Waals surface area (Å²) in [5.41, 5.74) is 0. The summed E-state index contributed by atoms with van der Waals surface area (Å²) in [6, 6.07) is 0. The molecule has 2 nitrogen and oxygen atoms in total. The van der Waals surface area contributed by atoms with Gasteiger partial charge in [0.15, 0.2) is 0 Å². The number of esters is 1. The number of hydrogen-bond donors (Lipinski definition) is 0. The Labute approximate surface area is 73.5 Å². The summed E-state index contributed by atoms with van der Waals surface area (Å²) in [5, 5.41) is 0. The lowest BCUT2D eigenvalue weighted by atomic mass is 9.90. The van der Waals surface area contributed by atoms with Crippen LogP contribution in [0.4, 0.5) is 0 Å². The summed E-state index contributed by atoms with van der Waals surface area (Å²) in [5.74, 6) is 0.292. The Balaban J connectivity index is 2.15. The lowest BCUT2D eigenvalue weighted by Crippen LogP contribution is -2.22. The lowest BCUT2D eigenvalue weighted by Gasteiger charge is -2.19. The summed E-state index contributed by atoms with van der Waals surface area (Å²) >= 11 is 2.38. The molecule has 2 fully saturated rings. The summed E-state index contributed by atoms with van der Waals surface area (Å²) in [6.07, 6.45) is 3.42. The minimum absolute atomic E-state index is 0.0455. The van der Waals surface area contributed by atoms with Gasteiger partial charge in [-0.3, -0.25) is 4.79 Å². The Bertz CT molecular complexity index is 169. The van der Waals surface area contributed by atoms with Crippen molar-refractivity contribution in [2.45, 2.75) is 29.3 Å². The van der Waals surface area contributed by atoms with Crippen LogP contribution in [0.5, 0.6) is 0 Å². The molecule has 10 heavy (non-hydrogen) atoms. The van der Waals surface area contributed by atoms with Gasteiger partial charge in [-0.2, -0.15) is 0 Å². The van der Waals surface area contributed by atoms with Crippen molar-refractivity contribution in [3.63, 3.8) is 0 Å². The van der Waals surface area contributed by atoms with Gasteiger partial charge in [-0.25, -0.2) is 0 Å². The van der Waals surface area contributed by atoms with Crippen LogP contribution in [-0.2, 0) is 9.53 Å². The highest BCUT2D eigenvalue weighted by Gasteiger charge is 2.41. The first kappa shape index (κ1) is 6.88. The SMILES string of the molecule is O=C1OC2CC1CCC2I. The third-order valence-electron chi connectivity index (χ3n) is 2.31. The molecule has 0 aromatic heterocycles. The van der Waals surface area contributed by atoms with Gasteiger partial charge >= 0.3 is 5.97 Å². The van der Waals surface area contributed by atoms with Crippen LogP contribution < -0.4 is 0 Å². The standard InChI is InChI=1S/C7H9IO2/c8-5-2-1-4-3-6(5)10-7(4)9/h4-6H,1-3H2. The van der Waals surface area contributed by atoms with E-state index in [1.807, 2.05) is 0 Å². The molecule has 1 saturated carbocycles. The molecule has 0 N–H and O–H groups in total. The summed E-state index contributed by atoms with van der Waals surface area (Å²) < 4.78 is 5.72. The average molecular weight is 252 g/mol. The predicted molar refractivity (Wildman–Crippen MR) is 45.0 cm³/mol. The highest BCUT2D eigenvalue weighted by atomic mass is 127. The van der Waals surface area contributed by atoms with E-state index in [-0.39, 0.29) is 18.0 Å². The van der Waals surface area contributed by atoms with Crippen LogP contribution in [0.1, 0.15) is 19.3 Å². The zero-order chi connectivity index (χ0) is 7.14. The first-order valence-electron chi connectivity index (χ1n) is 3.62. The maximum atomic E-state index is 11.0. The number of rotatable bonds is 0. The number of hydrogen-bond acceptors (Lipinski definition) is 2. The largest absolute Gasteiger partial charge is 0.461 e. The topological polar surface area (TPSA) is 26.3 Å². The molecule has 1 heterocycles. The molecule has 2 aliphatic rings. The highest BCUT2D eigenvalue weighted by molar-refractivity contribution is 14.1. The number of carbonyl (C=O) groups is 1. The first-order valence-corrected chi connectivity index (χ1v) is 4.86. The molecule has 3 heteroatoms. The van der Waals surface area contributed by atoms with Gasteiger partial charge in [0.05, 0.1) is 5.92 Å². The summed E-state index contributed by atoms with van der Waals surface area (Å²) in [7, 11) is 0. The predicted octanol–water partition coefficient (Wildman–Crippen LogP) is 1.52. The smallest absolute Gasteiger partial charge is 0.309 e. The van der Waals surface area contributed by atoms with Crippen molar-refractivity contribution in [3.05, 3.63) is 0 Å². The minimum atomic E-state index is 0.0455.